The van der Waals surface area contributed by atoms with Gasteiger partial charge in [0.2, 0.25) is 5.91 Å². The molecule has 2 N–H and O–H groups in total. The van der Waals surface area contributed by atoms with E-state index in [1.165, 1.54) is 128 Å². The fraction of sp³-hybridized carbons (Fsp3) is 0.913. The van der Waals surface area contributed by atoms with Crippen LogP contribution in [0.25, 0.3) is 0 Å². The molecule has 0 saturated heterocycles. The Bertz CT molecular complexity index is 1270. The molecule has 312 valence electrons. The van der Waals surface area contributed by atoms with E-state index in [4.69, 9.17) is 9.29 Å². The number of nitrogens with one attached hydrogen (secondary N) is 1. The molecule has 0 aromatic carbocycles. The highest BCUT2D eigenvalue weighted by Crippen LogP contribution is 2.68. The summed E-state index contributed by atoms with van der Waals surface area (Å²) < 4.78 is 37.0. The van der Waals surface area contributed by atoms with Crippen molar-refractivity contribution in [2.75, 3.05) is 12.3 Å². The molecule has 0 heterocycles. The first-order valence-electron chi connectivity index (χ1n) is 22.9. The standard InChI is InChI=1S/C46H81NO6S/c1-5-6-7-8-9-10-11-12-13-14-15-16-17-18-19-20-21-22-44(49)53-38-29-31-45(3)37(35-38)24-25-39-41-27-26-40(46(41,4)32-30-42(39)45)36(2)23-28-43(48)47-33-34-54(50,51)52/h12-13,36-42H,5-11,14-35H2,1-4H3,(H,47,48)(H,50,51,52)/b13-12-. The van der Waals surface area contributed by atoms with E-state index in [-0.39, 0.29) is 24.5 Å². The third-order valence-electron chi connectivity index (χ3n) is 15.3. The lowest BCUT2D eigenvalue weighted by Gasteiger charge is -2.61. The molecule has 4 rings (SSSR count). The van der Waals surface area contributed by atoms with Gasteiger partial charge in [0.15, 0.2) is 0 Å². The van der Waals surface area contributed by atoms with Crippen molar-refractivity contribution in [3.8, 4) is 0 Å². The van der Waals surface area contributed by atoms with Gasteiger partial charge in [-0.15, -0.1) is 0 Å². The summed E-state index contributed by atoms with van der Waals surface area (Å²) in [5.41, 5.74) is 0.669. The maximum atomic E-state index is 12.9. The minimum Gasteiger partial charge on any atom is -0.462 e. The van der Waals surface area contributed by atoms with E-state index in [1.807, 2.05) is 0 Å². The topological polar surface area (TPSA) is 110 Å². The van der Waals surface area contributed by atoms with Crippen LogP contribution in [0, 0.1) is 46.3 Å². The summed E-state index contributed by atoms with van der Waals surface area (Å²) in [7, 11) is -4.06. The molecule has 0 radical (unpaired) electrons. The zero-order valence-electron chi connectivity index (χ0n) is 35.1. The van der Waals surface area contributed by atoms with Gasteiger partial charge in [0.25, 0.3) is 10.1 Å². The van der Waals surface area contributed by atoms with Crippen molar-refractivity contribution in [2.45, 2.75) is 207 Å². The number of unbranched alkanes of at least 4 members (excludes halogenated alkanes) is 13. The van der Waals surface area contributed by atoms with Crippen molar-refractivity contribution in [3.05, 3.63) is 12.2 Å². The van der Waals surface area contributed by atoms with Crippen molar-refractivity contribution in [1.29, 1.82) is 0 Å². The molecule has 0 spiro atoms. The summed E-state index contributed by atoms with van der Waals surface area (Å²) in [6.07, 6.45) is 36.9. The summed E-state index contributed by atoms with van der Waals surface area (Å²) in [6, 6.07) is 0. The molecule has 4 aliphatic carbocycles. The molecule has 0 aromatic heterocycles. The van der Waals surface area contributed by atoms with E-state index in [0.717, 1.165) is 49.9 Å². The number of hydrogen-bond acceptors (Lipinski definition) is 5. The summed E-state index contributed by atoms with van der Waals surface area (Å²) in [5, 5.41) is 2.66. The van der Waals surface area contributed by atoms with Gasteiger partial charge in [-0.1, -0.05) is 104 Å². The fourth-order valence-electron chi connectivity index (χ4n) is 12.2. The van der Waals surface area contributed by atoms with Crippen LogP contribution in [0.4, 0.5) is 0 Å². The van der Waals surface area contributed by atoms with E-state index in [0.29, 0.717) is 41.4 Å². The van der Waals surface area contributed by atoms with Crippen molar-refractivity contribution < 1.29 is 27.3 Å². The number of fused-ring (bicyclic) bond motifs is 5. The van der Waals surface area contributed by atoms with Crippen LogP contribution in [0.15, 0.2) is 12.2 Å². The van der Waals surface area contributed by atoms with E-state index in [1.54, 1.807) is 0 Å². The number of allylic oxidation sites excluding steroid dienone is 2. The molecule has 4 saturated carbocycles. The van der Waals surface area contributed by atoms with Crippen LogP contribution in [-0.4, -0.2) is 43.2 Å². The van der Waals surface area contributed by atoms with Gasteiger partial charge in [0, 0.05) is 19.4 Å². The third kappa shape index (κ3) is 13.6. The van der Waals surface area contributed by atoms with Gasteiger partial charge < -0.3 is 10.1 Å². The lowest BCUT2D eigenvalue weighted by Crippen LogP contribution is -2.54. The van der Waals surface area contributed by atoms with Crippen LogP contribution in [0.5, 0.6) is 0 Å². The second kappa shape index (κ2) is 22.5. The van der Waals surface area contributed by atoms with Crippen LogP contribution in [0.1, 0.15) is 201 Å². The highest BCUT2D eigenvalue weighted by Gasteiger charge is 2.60. The zero-order valence-corrected chi connectivity index (χ0v) is 35.9. The maximum absolute atomic E-state index is 12.9. The van der Waals surface area contributed by atoms with Crippen LogP contribution in [0.3, 0.4) is 0 Å². The highest BCUT2D eigenvalue weighted by atomic mass is 32.2. The average Bonchev–Trinajstić information content (AvgIpc) is 3.49. The van der Waals surface area contributed by atoms with Gasteiger partial charge in [-0.3, -0.25) is 14.1 Å². The van der Waals surface area contributed by atoms with Gasteiger partial charge in [0.05, 0.1) is 5.75 Å². The molecular weight excluding hydrogens is 695 g/mol. The molecule has 7 nitrogen and oxygen atoms in total. The predicted molar refractivity (Wildman–Crippen MR) is 222 cm³/mol. The van der Waals surface area contributed by atoms with E-state index < -0.39 is 15.9 Å². The first-order valence-corrected chi connectivity index (χ1v) is 24.5. The third-order valence-corrected chi connectivity index (χ3v) is 16.0. The molecule has 4 fully saturated rings. The Labute approximate surface area is 331 Å². The first-order chi connectivity index (χ1) is 25.9. The summed E-state index contributed by atoms with van der Waals surface area (Å²) in [5.74, 6) is 3.47. The Morgan fingerprint density at radius 2 is 1.39 bits per heavy atom. The van der Waals surface area contributed by atoms with Crippen molar-refractivity contribution in [1.82, 2.24) is 5.32 Å². The molecule has 4 aliphatic rings. The number of amides is 1. The quantitative estimate of drug-likeness (QED) is 0.0413. The van der Waals surface area contributed by atoms with Crippen LogP contribution in [-0.2, 0) is 24.4 Å². The highest BCUT2D eigenvalue weighted by molar-refractivity contribution is 7.85. The lowest BCUT2D eigenvalue weighted by molar-refractivity contribution is -0.162. The molecule has 8 heteroatoms. The Morgan fingerprint density at radius 1 is 0.778 bits per heavy atom. The summed E-state index contributed by atoms with van der Waals surface area (Å²) in [4.78, 5) is 25.3. The zero-order chi connectivity index (χ0) is 39.0. The molecule has 9 unspecified atom stereocenters. The molecule has 0 aromatic rings. The van der Waals surface area contributed by atoms with Crippen molar-refractivity contribution in [3.63, 3.8) is 0 Å². The average molecular weight is 776 g/mol. The summed E-state index contributed by atoms with van der Waals surface area (Å²) >= 11 is 0. The Kier molecular flexibility index (Phi) is 18.9. The number of rotatable bonds is 25. The van der Waals surface area contributed by atoms with Gasteiger partial charge in [-0.2, -0.15) is 8.42 Å². The van der Waals surface area contributed by atoms with Gasteiger partial charge in [-0.05, 0) is 143 Å². The van der Waals surface area contributed by atoms with Crippen molar-refractivity contribution in [2.24, 2.45) is 46.3 Å². The number of carbonyl (C=O) groups is 2. The smallest absolute Gasteiger partial charge is 0.306 e. The van der Waals surface area contributed by atoms with E-state index >= 15 is 0 Å². The largest absolute Gasteiger partial charge is 0.462 e. The molecule has 54 heavy (non-hydrogen) atoms. The SMILES string of the molecule is CCCCCCCC/C=C\CCCCCCCCCC(=O)OC1CCC2(C)C(CCC3C2CCC2(C)C(C(C)CCC(=O)NCCS(=O)(=O)O)CCC32)C1. The number of ether oxygens (including phenoxy) is 1. The molecule has 0 aliphatic heterocycles. The number of carbonyl (C=O) groups excluding carboxylic acids is 2. The van der Waals surface area contributed by atoms with Gasteiger partial charge >= 0.3 is 5.97 Å². The Morgan fingerprint density at radius 3 is 2.06 bits per heavy atom. The van der Waals surface area contributed by atoms with Crippen LogP contribution in [0.2, 0.25) is 0 Å². The fourth-order valence-corrected chi connectivity index (χ4v) is 12.6. The maximum Gasteiger partial charge on any atom is 0.306 e. The van der Waals surface area contributed by atoms with E-state index in [9.17, 15) is 18.0 Å². The molecule has 1 amide bonds. The normalized spacial score (nSPS) is 31.4. The van der Waals surface area contributed by atoms with E-state index in [2.05, 4.69) is 45.2 Å². The minimum absolute atomic E-state index is 0.0279. The predicted octanol–water partition coefficient (Wildman–Crippen LogP) is 11.8. The minimum atomic E-state index is -4.06. The first kappa shape index (κ1) is 45.3. The monoisotopic (exact) mass is 776 g/mol. The number of hydrogen-bond donors (Lipinski definition) is 2. The Hall–Kier alpha value is -1.41. The lowest BCUT2D eigenvalue weighted by atomic mass is 9.44. The van der Waals surface area contributed by atoms with Gasteiger partial charge in [-0.25, -0.2) is 0 Å². The van der Waals surface area contributed by atoms with Crippen LogP contribution >= 0.6 is 0 Å². The molecular formula is C46H81NO6S. The number of esters is 1. The molecule has 0 bridgehead atoms. The Balaban J connectivity index is 1.08. The van der Waals surface area contributed by atoms with Crippen LogP contribution < -0.4 is 5.32 Å². The second-order valence-electron chi connectivity index (χ2n) is 19.0. The van der Waals surface area contributed by atoms with Crippen molar-refractivity contribution >= 4 is 22.0 Å². The molecule has 9 atom stereocenters. The summed E-state index contributed by atoms with van der Waals surface area (Å²) in [6.45, 7) is 9.68. The van der Waals surface area contributed by atoms with Gasteiger partial charge in [0.1, 0.15) is 6.10 Å². The second-order valence-corrected chi connectivity index (χ2v) is 20.5.